The molecule has 0 aromatic heterocycles. The third-order valence-electron chi connectivity index (χ3n) is 0.638. The lowest BCUT2D eigenvalue weighted by atomic mass is 10.1. The molecule has 0 saturated heterocycles. The van der Waals surface area contributed by atoms with Crippen LogP contribution in [0.2, 0.25) is 0 Å². The van der Waals surface area contributed by atoms with Crippen molar-refractivity contribution in [3.05, 3.63) is 13.3 Å². The van der Waals surface area contributed by atoms with Gasteiger partial charge in [-0.3, -0.25) is 0 Å². The molecule has 0 bridgehead atoms. The minimum Gasteiger partial charge on any atom is -0.0651 e. The van der Waals surface area contributed by atoms with Crippen molar-refractivity contribution in [3.63, 3.8) is 0 Å². The zero-order valence-corrected chi connectivity index (χ0v) is 4.57. The fraction of sp³-hybridized carbons (Fsp3) is 0.667. The van der Waals surface area contributed by atoms with Gasteiger partial charge in [0.1, 0.15) is 0 Å². The molecule has 1 unspecified atom stereocenters. The molecule has 0 aliphatic heterocycles. The molecule has 6 heavy (non-hydrogen) atoms. The molecule has 0 saturated carbocycles. The van der Waals surface area contributed by atoms with Crippen LogP contribution in [0.25, 0.3) is 0 Å². The van der Waals surface area contributed by atoms with E-state index in [1.807, 2.05) is 0 Å². The fourth-order valence-corrected chi connectivity index (χ4v) is 0.402. The van der Waals surface area contributed by atoms with E-state index in [0.29, 0.717) is 5.92 Å². The zero-order chi connectivity index (χ0) is 4.99. The highest BCUT2D eigenvalue weighted by atomic mass is 13.9. The van der Waals surface area contributed by atoms with Crippen LogP contribution in [-0.4, -0.2) is 0 Å². The maximum Gasteiger partial charge on any atom is -0.0360 e. The van der Waals surface area contributed by atoms with Crippen molar-refractivity contribution in [1.82, 2.24) is 0 Å². The SMILES string of the molecule is [CH2]C(C)[CH]CC. The molecule has 0 rings (SSSR count). The summed E-state index contributed by atoms with van der Waals surface area (Å²) in [5.74, 6) is 0.523. The van der Waals surface area contributed by atoms with Gasteiger partial charge in [-0.05, 0) is 12.3 Å². The Morgan fingerprint density at radius 3 is 2.33 bits per heavy atom. The molecular weight excluding hydrogens is 72.1 g/mol. The third-order valence-corrected chi connectivity index (χ3v) is 0.638. The Morgan fingerprint density at radius 2 is 2.33 bits per heavy atom. The van der Waals surface area contributed by atoms with Crippen molar-refractivity contribution >= 4 is 0 Å². The molecule has 36 valence electrons. The van der Waals surface area contributed by atoms with E-state index in [0.717, 1.165) is 6.42 Å². The van der Waals surface area contributed by atoms with Crippen LogP contribution in [-0.2, 0) is 0 Å². The maximum absolute atomic E-state index is 3.77. The van der Waals surface area contributed by atoms with E-state index in [4.69, 9.17) is 0 Å². The summed E-state index contributed by atoms with van der Waals surface area (Å²) in [6, 6.07) is 0. The minimum atomic E-state index is 0.523. The first-order valence-corrected chi connectivity index (χ1v) is 2.43. The second kappa shape index (κ2) is 3.20. The predicted molar refractivity (Wildman–Crippen MR) is 29.1 cm³/mol. The zero-order valence-electron chi connectivity index (χ0n) is 4.57. The Bertz CT molecular complexity index is 21.2. The monoisotopic (exact) mass is 84.1 g/mol. The van der Waals surface area contributed by atoms with Gasteiger partial charge in [0, 0.05) is 0 Å². The molecule has 0 nitrogen and oxygen atoms in total. The summed E-state index contributed by atoms with van der Waals surface area (Å²) in [7, 11) is 0. The van der Waals surface area contributed by atoms with Crippen molar-refractivity contribution in [3.8, 4) is 0 Å². The predicted octanol–water partition coefficient (Wildman–Crippen LogP) is 2.07. The van der Waals surface area contributed by atoms with Crippen molar-refractivity contribution in [2.45, 2.75) is 20.3 Å². The van der Waals surface area contributed by atoms with Gasteiger partial charge in [0.25, 0.3) is 0 Å². The summed E-state index contributed by atoms with van der Waals surface area (Å²) in [4.78, 5) is 0. The summed E-state index contributed by atoms with van der Waals surface area (Å²) in [5, 5.41) is 0. The first-order chi connectivity index (χ1) is 2.77. The van der Waals surface area contributed by atoms with E-state index in [1.54, 1.807) is 0 Å². The summed E-state index contributed by atoms with van der Waals surface area (Å²) < 4.78 is 0. The molecule has 0 aliphatic rings. The highest BCUT2D eigenvalue weighted by Crippen LogP contribution is 1.98. The Balaban J connectivity index is 2.63. The smallest absolute Gasteiger partial charge is 0.0360 e. The lowest BCUT2D eigenvalue weighted by Crippen LogP contribution is -1.83. The number of rotatable bonds is 2. The highest BCUT2D eigenvalue weighted by molar-refractivity contribution is 4.70. The van der Waals surface area contributed by atoms with Gasteiger partial charge in [-0.25, -0.2) is 0 Å². The lowest BCUT2D eigenvalue weighted by molar-refractivity contribution is 0.797. The van der Waals surface area contributed by atoms with Gasteiger partial charge in [-0.15, -0.1) is 0 Å². The molecule has 1 atom stereocenters. The summed E-state index contributed by atoms with van der Waals surface area (Å²) in [6.07, 6.45) is 3.32. The van der Waals surface area contributed by atoms with Gasteiger partial charge in [0.2, 0.25) is 0 Å². The van der Waals surface area contributed by atoms with Crippen LogP contribution in [0.3, 0.4) is 0 Å². The maximum atomic E-state index is 3.77. The van der Waals surface area contributed by atoms with Crippen LogP contribution in [0.4, 0.5) is 0 Å². The molecule has 0 fully saturated rings. The molecule has 0 aromatic carbocycles. The molecule has 0 N–H and O–H groups in total. The quantitative estimate of drug-likeness (QED) is 0.480. The Hall–Kier alpha value is 0. The van der Waals surface area contributed by atoms with E-state index in [1.165, 1.54) is 0 Å². The molecule has 0 spiro atoms. The van der Waals surface area contributed by atoms with Crippen molar-refractivity contribution in [2.24, 2.45) is 5.92 Å². The summed E-state index contributed by atoms with van der Waals surface area (Å²) in [5.41, 5.74) is 0. The normalized spacial score (nSPS) is 10.0. The van der Waals surface area contributed by atoms with Crippen LogP contribution < -0.4 is 0 Å². The standard InChI is InChI=1S/C6H12/c1-4-5-6(2)3/h5-6H,2,4H2,1,3H3. The van der Waals surface area contributed by atoms with Crippen molar-refractivity contribution in [2.75, 3.05) is 0 Å². The Kier molecular flexibility index (Phi) is 3.20. The van der Waals surface area contributed by atoms with E-state index >= 15 is 0 Å². The lowest BCUT2D eigenvalue weighted by Gasteiger charge is -1.95. The molecule has 2 radical (unpaired) electrons. The topological polar surface area (TPSA) is 0 Å². The van der Waals surface area contributed by atoms with Crippen LogP contribution in [0.5, 0.6) is 0 Å². The second-order valence-electron chi connectivity index (χ2n) is 1.62. The van der Waals surface area contributed by atoms with E-state index < -0.39 is 0 Å². The molecule has 0 aliphatic carbocycles. The molecule has 0 heterocycles. The minimum absolute atomic E-state index is 0.523. The Labute approximate surface area is 40.6 Å². The third kappa shape index (κ3) is 4.00. The summed E-state index contributed by atoms with van der Waals surface area (Å²) in [6.45, 7) is 7.99. The largest absolute Gasteiger partial charge is 0.0651 e. The first kappa shape index (κ1) is 6.00. The Morgan fingerprint density at radius 1 is 1.83 bits per heavy atom. The van der Waals surface area contributed by atoms with E-state index in [9.17, 15) is 0 Å². The van der Waals surface area contributed by atoms with E-state index in [2.05, 4.69) is 27.2 Å². The van der Waals surface area contributed by atoms with Crippen LogP contribution in [0, 0.1) is 19.3 Å². The number of hydrogen-bond donors (Lipinski definition) is 0. The second-order valence-corrected chi connectivity index (χ2v) is 1.62. The first-order valence-electron chi connectivity index (χ1n) is 2.43. The average molecular weight is 84.2 g/mol. The van der Waals surface area contributed by atoms with Gasteiger partial charge < -0.3 is 0 Å². The molecular formula is C6H12. The van der Waals surface area contributed by atoms with Gasteiger partial charge in [-0.1, -0.05) is 27.2 Å². The summed E-state index contributed by atoms with van der Waals surface area (Å²) >= 11 is 0. The molecule has 0 aromatic rings. The number of hydrogen-bond acceptors (Lipinski definition) is 0. The van der Waals surface area contributed by atoms with Crippen LogP contribution >= 0.6 is 0 Å². The van der Waals surface area contributed by atoms with Gasteiger partial charge in [0.15, 0.2) is 0 Å². The van der Waals surface area contributed by atoms with Gasteiger partial charge >= 0.3 is 0 Å². The van der Waals surface area contributed by atoms with Gasteiger partial charge in [0.05, 0.1) is 0 Å². The van der Waals surface area contributed by atoms with E-state index in [-0.39, 0.29) is 0 Å². The molecule has 0 amide bonds. The van der Waals surface area contributed by atoms with Gasteiger partial charge in [-0.2, -0.15) is 0 Å². The van der Waals surface area contributed by atoms with Crippen LogP contribution in [0.15, 0.2) is 0 Å². The fourth-order valence-electron chi connectivity index (χ4n) is 0.402. The average Bonchev–Trinajstić information content (AvgIpc) is 1.35. The van der Waals surface area contributed by atoms with Crippen molar-refractivity contribution in [1.29, 1.82) is 0 Å². The highest BCUT2D eigenvalue weighted by Gasteiger charge is 1.86. The van der Waals surface area contributed by atoms with Crippen LogP contribution in [0.1, 0.15) is 20.3 Å². The van der Waals surface area contributed by atoms with Crippen molar-refractivity contribution < 1.29 is 0 Å². The molecule has 0 heteroatoms.